The van der Waals surface area contributed by atoms with Gasteiger partial charge in [-0.1, -0.05) is 54.6 Å². The monoisotopic (exact) mass is 254 g/mol. The number of aldehydes is 1. The summed E-state index contributed by atoms with van der Waals surface area (Å²) in [6, 6.07) is 17.1. The summed E-state index contributed by atoms with van der Waals surface area (Å²) in [6.07, 6.45) is 4.90. The molecular weight excluding hydrogens is 236 g/mol. The Labute approximate surface area is 114 Å². The van der Waals surface area contributed by atoms with Crippen LogP contribution in [0.2, 0.25) is 0 Å². The molecule has 0 aliphatic carbocycles. The van der Waals surface area contributed by atoms with Gasteiger partial charge in [0.1, 0.15) is 12.0 Å². The predicted octanol–water partition coefficient (Wildman–Crippen LogP) is 4.23. The van der Waals surface area contributed by atoms with Crippen LogP contribution in [-0.4, -0.2) is 13.4 Å². The minimum atomic E-state index is 0.729. The van der Waals surface area contributed by atoms with Gasteiger partial charge in [0.15, 0.2) is 0 Å². The number of carbonyl (C=O) groups is 1. The minimum absolute atomic E-state index is 0.729. The normalized spacial score (nSPS) is 9.58. The van der Waals surface area contributed by atoms with Crippen LogP contribution in [0, 0.1) is 0 Å². The van der Waals surface area contributed by atoms with Crippen LogP contribution in [0.15, 0.2) is 60.7 Å². The zero-order valence-electron chi connectivity index (χ0n) is 11.2. The van der Waals surface area contributed by atoms with E-state index in [1.165, 1.54) is 5.56 Å². The van der Waals surface area contributed by atoms with Gasteiger partial charge in [-0.3, -0.25) is 4.79 Å². The summed E-state index contributed by atoms with van der Waals surface area (Å²) in [5.74, 6) is 0.901. The number of benzene rings is 2. The van der Waals surface area contributed by atoms with E-state index in [9.17, 15) is 4.79 Å². The highest BCUT2D eigenvalue weighted by Gasteiger charge is 1.88. The fraction of sp³-hybridized carbons (Fsp3) is 0.118. The van der Waals surface area contributed by atoms with Crippen LogP contribution >= 0.6 is 0 Å². The highest BCUT2D eigenvalue weighted by atomic mass is 16.5. The Hall–Kier alpha value is -2.35. The van der Waals surface area contributed by atoms with Gasteiger partial charge >= 0.3 is 0 Å². The highest BCUT2D eigenvalue weighted by Crippen LogP contribution is 2.11. The number of hydrogen-bond acceptors (Lipinski definition) is 2. The Kier molecular flexibility index (Phi) is 6.73. The lowest BCUT2D eigenvalue weighted by Gasteiger charge is -1.98. The maximum absolute atomic E-state index is 10.0. The molecule has 0 radical (unpaired) electrons. The first-order valence-electron chi connectivity index (χ1n) is 6.07. The van der Waals surface area contributed by atoms with Gasteiger partial charge < -0.3 is 4.74 Å². The zero-order valence-corrected chi connectivity index (χ0v) is 11.2. The van der Waals surface area contributed by atoms with Crippen molar-refractivity contribution in [3.8, 4) is 5.75 Å². The van der Waals surface area contributed by atoms with Gasteiger partial charge in [0.2, 0.25) is 0 Å². The molecule has 0 N–H and O–H groups in total. The maximum atomic E-state index is 10.0. The Bertz CT molecular complexity index is 499. The zero-order chi connectivity index (χ0) is 13.9. The second-order valence-corrected chi connectivity index (χ2v) is 3.80. The highest BCUT2D eigenvalue weighted by molar-refractivity contribution is 5.74. The number of ether oxygens (including phenoxy) is 1. The van der Waals surface area contributed by atoms with E-state index in [1.54, 1.807) is 19.2 Å². The van der Waals surface area contributed by atoms with E-state index in [2.05, 4.69) is 6.08 Å². The lowest BCUT2D eigenvalue weighted by molar-refractivity contribution is 0.112. The summed E-state index contributed by atoms with van der Waals surface area (Å²) >= 11 is 0. The summed E-state index contributed by atoms with van der Waals surface area (Å²) in [4.78, 5) is 10.0. The van der Waals surface area contributed by atoms with Crippen LogP contribution in [0.3, 0.4) is 0 Å². The Balaban J connectivity index is 0.000000200. The molecule has 2 rings (SSSR count). The molecule has 0 spiro atoms. The van der Waals surface area contributed by atoms with Crippen molar-refractivity contribution < 1.29 is 9.53 Å². The van der Waals surface area contributed by atoms with E-state index in [-0.39, 0.29) is 0 Å². The third kappa shape index (κ3) is 5.68. The molecule has 0 unspecified atom stereocenters. The predicted molar refractivity (Wildman–Crippen MR) is 79.5 cm³/mol. The van der Waals surface area contributed by atoms with Crippen molar-refractivity contribution in [2.24, 2.45) is 0 Å². The fourth-order valence-electron chi connectivity index (χ4n) is 1.44. The Morgan fingerprint density at radius 2 is 1.53 bits per heavy atom. The summed E-state index contributed by atoms with van der Waals surface area (Å²) < 4.78 is 5.02. The molecular formula is C17H18O2. The SMILES string of the molecule is C/C=C/c1ccc(OC)cc1.O=Cc1ccccc1. The number of allylic oxidation sites excluding steroid dienone is 1. The van der Waals surface area contributed by atoms with Crippen molar-refractivity contribution in [1.29, 1.82) is 0 Å². The Morgan fingerprint density at radius 1 is 0.895 bits per heavy atom. The third-order valence-electron chi connectivity index (χ3n) is 2.41. The molecule has 0 amide bonds. The largest absolute Gasteiger partial charge is 0.497 e. The first kappa shape index (κ1) is 14.7. The van der Waals surface area contributed by atoms with Crippen LogP contribution in [0.5, 0.6) is 5.75 Å². The number of methoxy groups -OCH3 is 1. The van der Waals surface area contributed by atoms with Crippen LogP contribution in [-0.2, 0) is 0 Å². The molecule has 0 bridgehead atoms. The van der Waals surface area contributed by atoms with Crippen LogP contribution in [0.4, 0.5) is 0 Å². The van der Waals surface area contributed by atoms with Gasteiger partial charge in [0.05, 0.1) is 7.11 Å². The van der Waals surface area contributed by atoms with Gasteiger partial charge in [-0.05, 0) is 24.6 Å². The molecule has 0 atom stereocenters. The van der Waals surface area contributed by atoms with E-state index >= 15 is 0 Å². The van der Waals surface area contributed by atoms with E-state index in [4.69, 9.17) is 4.74 Å². The van der Waals surface area contributed by atoms with Crippen molar-refractivity contribution in [2.45, 2.75) is 6.92 Å². The molecule has 0 heterocycles. The van der Waals surface area contributed by atoms with Crippen LogP contribution < -0.4 is 4.74 Å². The quantitative estimate of drug-likeness (QED) is 0.766. The molecule has 0 saturated carbocycles. The molecule has 19 heavy (non-hydrogen) atoms. The summed E-state index contributed by atoms with van der Waals surface area (Å²) in [7, 11) is 1.67. The summed E-state index contributed by atoms with van der Waals surface area (Å²) in [5.41, 5.74) is 1.93. The van der Waals surface area contributed by atoms with E-state index in [0.717, 1.165) is 17.6 Å². The summed E-state index contributed by atoms with van der Waals surface area (Å²) in [6.45, 7) is 2.00. The lowest BCUT2D eigenvalue weighted by atomic mass is 10.2. The van der Waals surface area contributed by atoms with Gasteiger partial charge in [-0.2, -0.15) is 0 Å². The molecule has 98 valence electrons. The number of rotatable bonds is 3. The molecule has 2 aromatic rings. The molecule has 2 heteroatoms. The van der Waals surface area contributed by atoms with Crippen LogP contribution in [0.25, 0.3) is 6.08 Å². The molecule has 0 fully saturated rings. The third-order valence-corrected chi connectivity index (χ3v) is 2.41. The second kappa shape index (κ2) is 8.70. The standard InChI is InChI=1S/C10H12O.C7H6O/c1-3-4-9-5-7-10(11-2)8-6-9;8-6-7-4-2-1-3-5-7/h3-8H,1-2H3;1-6H/b4-3+;. The Morgan fingerprint density at radius 3 is 1.95 bits per heavy atom. The smallest absolute Gasteiger partial charge is 0.150 e. The molecule has 2 nitrogen and oxygen atoms in total. The van der Waals surface area contributed by atoms with E-state index < -0.39 is 0 Å². The minimum Gasteiger partial charge on any atom is -0.497 e. The van der Waals surface area contributed by atoms with Crippen molar-refractivity contribution in [3.63, 3.8) is 0 Å². The topological polar surface area (TPSA) is 26.3 Å². The van der Waals surface area contributed by atoms with Gasteiger partial charge in [0, 0.05) is 5.56 Å². The van der Waals surface area contributed by atoms with Gasteiger partial charge in [0.25, 0.3) is 0 Å². The number of carbonyl (C=O) groups excluding carboxylic acids is 1. The maximum Gasteiger partial charge on any atom is 0.150 e. The van der Waals surface area contributed by atoms with Crippen molar-refractivity contribution >= 4 is 12.4 Å². The van der Waals surface area contributed by atoms with Crippen molar-refractivity contribution in [2.75, 3.05) is 7.11 Å². The van der Waals surface area contributed by atoms with Crippen LogP contribution in [0.1, 0.15) is 22.8 Å². The second-order valence-electron chi connectivity index (χ2n) is 3.80. The lowest BCUT2D eigenvalue weighted by Crippen LogP contribution is -1.80. The molecule has 0 aliphatic rings. The number of hydrogen-bond donors (Lipinski definition) is 0. The average molecular weight is 254 g/mol. The first-order chi connectivity index (χ1) is 9.30. The fourth-order valence-corrected chi connectivity index (χ4v) is 1.44. The average Bonchev–Trinajstić information content (AvgIpc) is 2.50. The molecule has 0 aliphatic heterocycles. The van der Waals surface area contributed by atoms with Crippen molar-refractivity contribution in [3.05, 3.63) is 71.8 Å². The van der Waals surface area contributed by atoms with Gasteiger partial charge in [-0.25, -0.2) is 0 Å². The van der Waals surface area contributed by atoms with Crippen molar-refractivity contribution in [1.82, 2.24) is 0 Å². The van der Waals surface area contributed by atoms with Gasteiger partial charge in [-0.15, -0.1) is 0 Å². The molecule has 2 aromatic carbocycles. The molecule has 0 saturated heterocycles. The van der Waals surface area contributed by atoms with E-state index in [0.29, 0.717) is 0 Å². The summed E-state index contributed by atoms with van der Waals surface area (Å²) in [5, 5.41) is 0. The first-order valence-corrected chi connectivity index (χ1v) is 6.07. The molecule has 0 aromatic heterocycles. The van der Waals surface area contributed by atoms with E-state index in [1.807, 2.05) is 55.5 Å².